The molecule has 2 aromatic rings. The molecule has 2 aromatic heterocycles. The Morgan fingerprint density at radius 2 is 2.46 bits per heavy atom. The first kappa shape index (κ1) is 8.25. The summed E-state index contributed by atoms with van der Waals surface area (Å²) in [5, 5.41) is 7.45. The van der Waals surface area contributed by atoms with Crippen molar-refractivity contribution in [3.63, 3.8) is 0 Å². The standard InChI is InChI=1S/C7H6N4S.CH4/c1-2-9-11-6(1)10-7(11)5-3-8-4-12-5;/h1-4,7,10H;1H4. The van der Waals surface area contributed by atoms with Crippen LogP contribution in [-0.4, -0.2) is 14.8 Å². The van der Waals surface area contributed by atoms with E-state index in [0.717, 1.165) is 5.82 Å². The molecule has 0 saturated heterocycles. The molecule has 0 amide bonds. The lowest BCUT2D eigenvalue weighted by molar-refractivity contribution is 0.521. The molecular formula is C8H10N4S. The van der Waals surface area contributed by atoms with Crippen LogP contribution in [0.5, 0.6) is 0 Å². The van der Waals surface area contributed by atoms with Gasteiger partial charge in [0.05, 0.1) is 16.6 Å². The van der Waals surface area contributed by atoms with Crippen LogP contribution in [0.1, 0.15) is 18.5 Å². The minimum absolute atomic E-state index is 0. The van der Waals surface area contributed by atoms with Crippen molar-refractivity contribution in [1.82, 2.24) is 14.8 Å². The van der Waals surface area contributed by atoms with Crippen LogP contribution in [0.4, 0.5) is 5.82 Å². The Morgan fingerprint density at radius 1 is 1.54 bits per heavy atom. The minimum atomic E-state index is 0. The normalized spacial score (nSPS) is 18.0. The highest BCUT2D eigenvalue weighted by molar-refractivity contribution is 7.09. The molecule has 0 bridgehead atoms. The zero-order chi connectivity index (χ0) is 7.97. The lowest BCUT2D eigenvalue weighted by Gasteiger charge is -2.29. The van der Waals surface area contributed by atoms with E-state index in [9.17, 15) is 0 Å². The van der Waals surface area contributed by atoms with Gasteiger partial charge in [0.15, 0.2) is 6.17 Å². The van der Waals surface area contributed by atoms with Gasteiger partial charge in [-0.15, -0.1) is 11.3 Å². The third-order valence-electron chi connectivity index (χ3n) is 1.92. The fourth-order valence-corrected chi connectivity index (χ4v) is 1.97. The van der Waals surface area contributed by atoms with Crippen LogP contribution >= 0.6 is 11.3 Å². The topological polar surface area (TPSA) is 42.7 Å². The van der Waals surface area contributed by atoms with Gasteiger partial charge < -0.3 is 5.32 Å². The molecule has 1 N–H and O–H groups in total. The molecule has 4 nitrogen and oxygen atoms in total. The first-order valence-corrected chi connectivity index (χ1v) is 4.51. The van der Waals surface area contributed by atoms with Gasteiger partial charge in [-0.3, -0.25) is 4.98 Å². The lowest BCUT2D eigenvalue weighted by Crippen LogP contribution is -2.31. The van der Waals surface area contributed by atoms with Crippen LogP contribution in [-0.2, 0) is 0 Å². The van der Waals surface area contributed by atoms with Crippen molar-refractivity contribution in [2.75, 3.05) is 5.32 Å². The van der Waals surface area contributed by atoms with E-state index < -0.39 is 0 Å². The van der Waals surface area contributed by atoms with Crippen molar-refractivity contribution in [3.05, 3.63) is 28.8 Å². The number of anilines is 1. The molecule has 0 saturated carbocycles. The molecule has 13 heavy (non-hydrogen) atoms. The summed E-state index contributed by atoms with van der Waals surface area (Å²) >= 11 is 1.64. The highest BCUT2D eigenvalue weighted by Crippen LogP contribution is 2.33. The molecule has 68 valence electrons. The number of aromatic nitrogens is 3. The van der Waals surface area contributed by atoms with E-state index in [2.05, 4.69) is 15.4 Å². The Labute approximate surface area is 80.2 Å². The second-order valence-electron chi connectivity index (χ2n) is 2.61. The number of hydrogen-bond acceptors (Lipinski definition) is 4. The molecule has 1 aliphatic heterocycles. The highest BCUT2D eigenvalue weighted by Gasteiger charge is 2.27. The smallest absolute Gasteiger partial charge is 0.160 e. The summed E-state index contributed by atoms with van der Waals surface area (Å²) in [6.45, 7) is 0. The predicted octanol–water partition coefficient (Wildman–Crippen LogP) is 1.95. The molecule has 1 aliphatic rings. The Kier molecular flexibility index (Phi) is 1.81. The average molecular weight is 194 g/mol. The number of thiazole rings is 1. The van der Waals surface area contributed by atoms with Gasteiger partial charge in [0.2, 0.25) is 0 Å². The van der Waals surface area contributed by atoms with Gasteiger partial charge in [-0.05, 0) is 0 Å². The van der Waals surface area contributed by atoms with Crippen molar-refractivity contribution < 1.29 is 0 Å². The summed E-state index contributed by atoms with van der Waals surface area (Å²) in [6, 6.07) is 1.96. The van der Waals surface area contributed by atoms with Gasteiger partial charge in [0, 0.05) is 12.3 Å². The fourth-order valence-electron chi connectivity index (χ4n) is 1.32. The van der Waals surface area contributed by atoms with E-state index in [1.165, 1.54) is 4.88 Å². The molecule has 3 heterocycles. The van der Waals surface area contributed by atoms with Gasteiger partial charge in [-0.1, -0.05) is 7.43 Å². The van der Waals surface area contributed by atoms with E-state index in [0.29, 0.717) is 0 Å². The van der Waals surface area contributed by atoms with Crippen LogP contribution in [0.2, 0.25) is 0 Å². The summed E-state index contributed by atoms with van der Waals surface area (Å²) in [4.78, 5) is 5.22. The molecule has 5 heteroatoms. The second-order valence-corrected chi connectivity index (χ2v) is 3.53. The molecule has 0 radical (unpaired) electrons. The Hall–Kier alpha value is -1.36. The molecule has 0 aliphatic carbocycles. The van der Waals surface area contributed by atoms with Gasteiger partial charge in [0.25, 0.3) is 0 Å². The van der Waals surface area contributed by atoms with Crippen molar-refractivity contribution in [2.24, 2.45) is 0 Å². The zero-order valence-corrected chi connectivity index (χ0v) is 6.95. The second kappa shape index (κ2) is 2.85. The summed E-state index contributed by atoms with van der Waals surface area (Å²) in [5.41, 5.74) is 1.83. The largest absolute Gasteiger partial charge is 0.344 e. The average Bonchev–Trinajstić information content (AvgIpc) is 2.62. The van der Waals surface area contributed by atoms with Crippen molar-refractivity contribution >= 4 is 17.2 Å². The first-order valence-electron chi connectivity index (χ1n) is 3.63. The number of nitrogens with one attached hydrogen (secondary N) is 1. The maximum absolute atomic E-state index is 4.17. The molecule has 0 spiro atoms. The van der Waals surface area contributed by atoms with E-state index >= 15 is 0 Å². The molecule has 1 atom stereocenters. The highest BCUT2D eigenvalue weighted by atomic mass is 32.1. The lowest BCUT2D eigenvalue weighted by atomic mass is 10.3. The predicted molar refractivity (Wildman–Crippen MR) is 52.8 cm³/mol. The zero-order valence-electron chi connectivity index (χ0n) is 6.14. The third-order valence-corrected chi connectivity index (χ3v) is 2.75. The molecule has 1 unspecified atom stereocenters. The summed E-state index contributed by atoms with van der Waals surface area (Å²) in [7, 11) is 0. The summed E-state index contributed by atoms with van der Waals surface area (Å²) < 4.78 is 1.95. The summed E-state index contributed by atoms with van der Waals surface area (Å²) in [6.07, 6.45) is 3.87. The van der Waals surface area contributed by atoms with Gasteiger partial charge in [0.1, 0.15) is 5.82 Å². The van der Waals surface area contributed by atoms with Crippen molar-refractivity contribution in [2.45, 2.75) is 13.6 Å². The van der Waals surface area contributed by atoms with E-state index in [4.69, 9.17) is 0 Å². The number of rotatable bonds is 1. The Bertz CT molecular complexity index is 392. The van der Waals surface area contributed by atoms with Crippen LogP contribution in [0.3, 0.4) is 0 Å². The Morgan fingerprint density at radius 3 is 3.15 bits per heavy atom. The SMILES string of the molecule is C.c1cc2n(n1)C(c1cncs1)N2. The van der Waals surface area contributed by atoms with Crippen molar-refractivity contribution in [1.29, 1.82) is 0 Å². The van der Waals surface area contributed by atoms with Crippen LogP contribution in [0.15, 0.2) is 24.0 Å². The number of fused-ring (bicyclic) bond motifs is 1. The van der Waals surface area contributed by atoms with Crippen LogP contribution in [0.25, 0.3) is 0 Å². The van der Waals surface area contributed by atoms with E-state index in [1.807, 2.05) is 22.5 Å². The van der Waals surface area contributed by atoms with Gasteiger partial charge in [-0.25, -0.2) is 4.68 Å². The van der Waals surface area contributed by atoms with E-state index in [-0.39, 0.29) is 13.6 Å². The molecule has 0 fully saturated rings. The number of hydrogen-bond donors (Lipinski definition) is 1. The van der Waals surface area contributed by atoms with Gasteiger partial charge >= 0.3 is 0 Å². The van der Waals surface area contributed by atoms with Crippen LogP contribution < -0.4 is 5.32 Å². The van der Waals surface area contributed by atoms with Gasteiger partial charge in [-0.2, -0.15) is 5.10 Å². The van der Waals surface area contributed by atoms with E-state index in [1.54, 1.807) is 17.5 Å². The third kappa shape index (κ3) is 1.04. The van der Waals surface area contributed by atoms with Crippen LogP contribution in [0, 0.1) is 0 Å². The molecule has 3 rings (SSSR count). The number of nitrogens with zero attached hydrogens (tertiary/aromatic N) is 3. The minimum Gasteiger partial charge on any atom is -0.344 e. The first-order chi connectivity index (χ1) is 5.95. The monoisotopic (exact) mass is 194 g/mol. The summed E-state index contributed by atoms with van der Waals surface area (Å²) in [5.74, 6) is 1.08. The fraction of sp³-hybridized carbons (Fsp3) is 0.250. The maximum atomic E-state index is 4.17. The van der Waals surface area contributed by atoms with Crippen molar-refractivity contribution in [3.8, 4) is 0 Å². The quantitative estimate of drug-likeness (QED) is 0.754. The molecule has 0 aromatic carbocycles. The maximum Gasteiger partial charge on any atom is 0.160 e. The molecular weight excluding hydrogens is 184 g/mol. The Balaban J connectivity index is 0.000000653.